The Balaban J connectivity index is 2.90. The van der Waals surface area contributed by atoms with Gasteiger partial charge in [-0.3, -0.25) is 14.6 Å². The molecule has 0 saturated carbocycles. The second kappa shape index (κ2) is 6.49. The molecule has 1 aromatic heterocycles. The first-order valence-electron chi connectivity index (χ1n) is 5.55. The van der Waals surface area contributed by atoms with E-state index in [-0.39, 0.29) is 24.9 Å². The SMILES string of the molecule is CC(C)N(CCC(=O)O)C(=O)c1ccncc1Br. The van der Waals surface area contributed by atoms with Crippen molar-refractivity contribution in [3.8, 4) is 0 Å². The zero-order chi connectivity index (χ0) is 13.7. The second-order valence-electron chi connectivity index (χ2n) is 4.09. The van der Waals surface area contributed by atoms with Crippen molar-refractivity contribution in [3.05, 3.63) is 28.5 Å². The van der Waals surface area contributed by atoms with Gasteiger partial charge in [-0.2, -0.15) is 0 Å². The van der Waals surface area contributed by atoms with Gasteiger partial charge in [-0.25, -0.2) is 0 Å². The van der Waals surface area contributed by atoms with Crippen LogP contribution in [0.2, 0.25) is 0 Å². The number of amides is 1. The van der Waals surface area contributed by atoms with Crippen LogP contribution in [0, 0.1) is 0 Å². The normalized spacial score (nSPS) is 10.4. The van der Waals surface area contributed by atoms with Crippen molar-refractivity contribution in [3.63, 3.8) is 0 Å². The van der Waals surface area contributed by atoms with Crippen molar-refractivity contribution in [1.29, 1.82) is 0 Å². The quantitative estimate of drug-likeness (QED) is 0.904. The van der Waals surface area contributed by atoms with Crippen LogP contribution in [0.5, 0.6) is 0 Å². The van der Waals surface area contributed by atoms with Crippen molar-refractivity contribution in [2.75, 3.05) is 6.54 Å². The number of rotatable bonds is 5. The predicted octanol–water partition coefficient (Wildman–Crippen LogP) is 2.17. The first kappa shape index (κ1) is 14.6. The molecule has 0 aliphatic heterocycles. The lowest BCUT2D eigenvalue weighted by atomic mass is 10.2. The van der Waals surface area contributed by atoms with Crippen LogP contribution in [0.1, 0.15) is 30.6 Å². The van der Waals surface area contributed by atoms with Crippen LogP contribution in [0.3, 0.4) is 0 Å². The number of aromatic nitrogens is 1. The van der Waals surface area contributed by atoms with E-state index >= 15 is 0 Å². The summed E-state index contributed by atoms with van der Waals surface area (Å²) in [5.74, 6) is -1.11. The molecule has 98 valence electrons. The Hall–Kier alpha value is -1.43. The third-order valence-electron chi connectivity index (χ3n) is 2.45. The topological polar surface area (TPSA) is 70.5 Å². The van der Waals surface area contributed by atoms with Gasteiger partial charge in [-0.05, 0) is 35.8 Å². The number of aliphatic carboxylic acids is 1. The Bertz CT molecular complexity index is 449. The highest BCUT2D eigenvalue weighted by atomic mass is 79.9. The van der Waals surface area contributed by atoms with E-state index in [0.717, 1.165) is 0 Å². The van der Waals surface area contributed by atoms with Gasteiger partial charge in [0.1, 0.15) is 0 Å². The first-order chi connectivity index (χ1) is 8.43. The molecule has 0 saturated heterocycles. The maximum Gasteiger partial charge on any atom is 0.305 e. The maximum absolute atomic E-state index is 12.3. The molecule has 0 atom stereocenters. The minimum atomic E-state index is -0.915. The molecule has 0 aliphatic carbocycles. The highest BCUT2D eigenvalue weighted by molar-refractivity contribution is 9.10. The van der Waals surface area contributed by atoms with Gasteiger partial charge in [0, 0.05) is 29.5 Å². The van der Waals surface area contributed by atoms with Crippen molar-refractivity contribution in [2.45, 2.75) is 26.3 Å². The van der Waals surface area contributed by atoms with Gasteiger partial charge in [0.15, 0.2) is 0 Å². The number of carboxylic acids is 1. The minimum Gasteiger partial charge on any atom is -0.481 e. The van der Waals surface area contributed by atoms with Crippen LogP contribution in [0.25, 0.3) is 0 Å². The van der Waals surface area contributed by atoms with E-state index in [4.69, 9.17) is 5.11 Å². The highest BCUT2D eigenvalue weighted by Gasteiger charge is 2.21. The summed E-state index contributed by atoms with van der Waals surface area (Å²) in [6.07, 6.45) is 3.02. The Morgan fingerprint density at radius 3 is 2.67 bits per heavy atom. The van der Waals surface area contributed by atoms with Gasteiger partial charge in [0.2, 0.25) is 0 Å². The molecule has 0 bridgehead atoms. The van der Waals surface area contributed by atoms with Crippen LogP contribution in [0.4, 0.5) is 0 Å². The summed E-state index contributed by atoms with van der Waals surface area (Å²) >= 11 is 3.27. The summed E-state index contributed by atoms with van der Waals surface area (Å²) in [6, 6.07) is 1.56. The largest absolute Gasteiger partial charge is 0.481 e. The predicted molar refractivity (Wildman–Crippen MR) is 70.4 cm³/mol. The molecule has 1 rings (SSSR count). The van der Waals surface area contributed by atoms with Gasteiger partial charge >= 0.3 is 5.97 Å². The molecular weight excluding hydrogens is 300 g/mol. The molecule has 0 unspecified atom stereocenters. The molecule has 18 heavy (non-hydrogen) atoms. The van der Waals surface area contributed by atoms with E-state index < -0.39 is 5.97 Å². The molecule has 6 heteroatoms. The third-order valence-corrected chi connectivity index (χ3v) is 3.09. The van der Waals surface area contributed by atoms with E-state index in [9.17, 15) is 9.59 Å². The summed E-state index contributed by atoms with van der Waals surface area (Å²) in [5, 5.41) is 8.69. The van der Waals surface area contributed by atoms with Crippen LogP contribution in [-0.4, -0.2) is 39.5 Å². The number of nitrogens with zero attached hydrogens (tertiary/aromatic N) is 2. The lowest BCUT2D eigenvalue weighted by molar-refractivity contribution is -0.137. The van der Waals surface area contributed by atoms with Crippen LogP contribution >= 0.6 is 15.9 Å². The number of pyridine rings is 1. The molecule has 1 heterocycles. The van der Waals surface area contributed by atoms with Gasteiger partial charge in [-0.1, -0.05) is 0 Å². The molecule has 1 amide bonds. The van der Waals surface area contributed by atoms with E-state index in [1.807, 2.05) is 13.8 Å². The van der Waals surface area contributed by atoms with Gasteiger partial charge in [0.05, 0.1) is 12.0 Å². The molecule has 5 nitrogen and oxygen atoms in total. The van der Waals surface area contributed by atoms with E-state index in [1.165, 1.54) is 11.1 Å². The number of halogens is 1. The lowest BCUT2D eigenvalue weighted by Crippen LogP contribution is -2.38. The zero-order valence-corrected chi connectivity index (χ0v) is 11.8. The van der Waals surface area contributed by atoms with Crippen molar-refractivity contribution < 1.29 is 14.7 Å². The molecule has 0 aliphatic rings. The van der Waals surface area contributed by atoms with Gasteiger partial charge in [0.25, 0.3) is 5.91 Å². The molecule has 0 spiro atoms. The van der Waals surface area contributed by atoms with E-state index in [1.54, 1.807) is 12.3 Å². The Morgan fingerprint density at radius 2 is 2.17 bits per heavy atom. The fourth-order valence-electron chi connectivity index (χ4n) is 1.51. The van der Waals surface area contributed by atoms with Crippen LogP contribution < -0.4 is 0 Å². The Morgan fingerprint density at radius 1 is 1.50 bits per heavy atom. The van der Waals surface area contributed by atoms with E-state index in [0.29, 0.717) is 10.0 Å². The molecule has 1 aromatic rings. The second-order valence-corrected chi connectivity index (χ2v) is 4.95. The lowest BCUT2D eigenvalue weighted by Gasteiger charge is -2.26. The van der Waals surface area contributed by atoms with Crippen LogP contribution in [-0.2, 0) is 4.79 Å². The number of hydrogen-bond acceptors (Lipinski definition) is 3. The average Bonchev–Trinajstić information content (AvgIpc) is 2.28. The number of carbonyl (C=O) groups is 2. The van der Waals surface area contributed by atoms with Crippen molar-refractivity contribution in [1.82, 2.24) is 9.88 Å². The molecule has 0 fully saturated rings. The Labute approximate surface area is 114 Å². The fraction of sp³-hybridized carbons (Fsp3) is 0.417. The molecule has 0 radical (unpaired) electrons. The van der Waals surface area contributed by atoms with E-state index in [2.05, 4.69) is 20.9 Å². The maximum atomic E-state index is 12.3. The standard InChI is InChI=1S/C12H15BrN2O3/c1-8(2)15(6-4-11(16)17)12(18)9-3-5-14-7-10(9)13/h3,5,7-8H,4,6H2,1-2H3,(H,16,17). The summed E-state index contributed by atoms with van der Waals surface area (Å²) in [7, 11) is 0. The van der Waals surface area contributed by atoms with Gasteiger partial charge < -0.3 is 10.0 Å². The molecule has 1 N–H and O–H groups in total. The molecule has 0 aromatic carbocycles. The summed E-state index contributed by atoms with van der Waals surface area (Å²) in [6.45, 7) is 3.91. The van der Waals surface area contributed by atoms with Gasteiger partial charge in [-0.15, -0.1) is 0 Å². The summed E-state index contributed by atoms with van der Waals surface area (Å²) in [4.78, 5) is 28.3. The summed E-state index contributed by atoms with van der Waals surface area (Å²) in [5.41, 5.74) is 0.490. The average molecular weight is 315 g/mol. The molecular formula is C12H15BrN2O3. The third kappa shape index (κ3) is 3.80. The number of hydrogen-bond donors (Lipinski definition) is 1. The summed E-state index contributed by atoms with van der Waals surface area (Å²) < 4.78 is 0.607. The smallest absolute Gasteiger partial charge is 0.305 e. The van der Waals surface area contributed by atoms with Crippen molar-refractivity contribution in [2.24, 2.45) is 0 Å². The number of carbonyl (C=O) groups excluding carboxylic acids is 1. The highest BCUT2D eigenvalue weighted by Crippen LogP contribution is 2.18. The van der Waals surface area contributed by atoms with Crippen LogP contribution in [0.15, 0.2) is 22.9 Å². The number of carboxylic acid groups (broad SMARTS) is 1. The fourth-order valence-corrected chi connectivity index (χ4v) is 1.93. The van der Waals surface area contributed by atoms with Crippen molar-refractivity contribution >= 4 is 27.8 Å². The minimum absolute atomic E-state index is 0.0584. The Kier molecular flexibility index (Phi) is 5.27. The zero-order valence-electron chi connectivity index (χ0n) is 10.3. The first-order valence-corrected chi connectivity index (χ1v) is 6.35. The monoisotopic (exact) mass is 314 g/mol.